The van der Waals surface area contributed by atoms with Gasteiger partial charge in [0.05, 0.1) is 22.8 Å². The van der Waals surface area contributed by atoms with Crippen LogP contribution in [0.1, 0.15) is 217 Å². The van der Waals surface area contributed by atoms with Gasteiger partial charge in [0.15, 0.2) is 0 Å². The molecule has 496 valence electrons. The summed E-state index contributed by atoms with van der Waals surface area (Å²) in [7, 11) is 0. The fraction of sp³-hybridized carbons (Fsp3) is 0.500. The highest BCUT2D eigenvalue weighted by atomic mass is 32.1. The van der Waals surface area contributed by atoms with Gasteiger partial charge < -0.3 is 0 Å². The van der Waals surface area contributed by atoms with Gasteiger partial charge in [-0.25, -0.2) is 29.9 Å². The van der Waals surface area contributed by atoms with Crippen molar-refractivity contribution in [2.75, 3.05) is 0 Å². The molecule has 0 atom stereocenters. The Hall–Kier alpha value is -6.83. The number of aryl methyl sites for hydroxylation is 23. The first-order valence-electron chi connectivity index (χ1n) is 31.7. The molecule has 9 aromatic rings. The molecule has 0 aliphatic carbocycles. The highest BCUT2D eigenvalue weighted by Gasteiger charge is 2.09. The molecular weight excluding hydrogens is 1160 g/mol. The smallest absolute Gasteiger partial charge is 0.125 e. The van der Waals surface area contributed by atoms with Crippen molar-refractivity contribution in [1.29, 1.82) is 0 Å². The third-order valence-corrected chi connectivity index (χ3v) is 20.9. The Kier molecular flexibility index (Phi) is 33.4. The van der Waals surface area contributed by atoms with Crippen molar-refractivity contribution < 1.29 is 0 Å². The highest BCUT2D eigenvalue weighted by Crippen LogP contribution is 2.26. The number of nitrogens with zero attached hydrogens (tertiary/aromatic N) is 11. The maximum Gasteiger partial charge on any atom is 0.125 e. The van der Waals surface area contributed by atoms with Gasteiger partial charge >= 0.3 is 0 Å². The van der Waals surface area contributed by atoms with Crippen molar-refractivity contribution in [1.82, 2.24) is 54.8 Å². The van der Waals surface area contributed by atoms with Crippen LogP contribution in [-0.4, -0.2) is 54.8 Å². The molecule has 0 N–H and O–H groups in total. The summed E-state index contributed by atoms with van der Waals surface area (Å²) in [5.41, 5.74) is 39.2. The average Bonchev–Trinajstić information content (AvgIpc) is 3.41. The van der Waals surface area contributed by atoms with Gasteiger partial charge in [0.2, 0.25) is 0 Å². The molecular formula is C78H117N11S2. The second kappa shape index (κ2) is 37.0. The molecule has 9 heterocycles. The molecule has 9 aromatic heterocycles. The van der Waals surface area contributed by atoms with Crippen LogP contribution in [0.3, 0.4) is 0 Å². The summed E-state index contributed by atoms with van der Waals surface area (Å²) in [5, 5.41) is 0. The minimum atomic E-state index is 0.862. The predicted molar refractivity (Wildman–Crippen MR) is 394 cm³/mol. The monoisotopic (exact) mass is 1270 g/mol. The standard InChI is InChI=1S/3C10H15N.4C8H12N2.2C8H12S/c3*1-6-7(2)9(4)11-10(5)8(6)3;1-5-6(2)10-8(4)7(3)9-5;3*1-5-6(2)9-8(4)10-7(5)3;2*1-5-6(2)8(4)9-7(5)3/h3*1-5H3;4*1-4H3;2*1-4H3. The lowest BCUT2D eigenvalue weighted by molar-refractivity contribution is 0.948. The topological polar surface area (TPSA) is 142 Å². The third kappa shape index (κ3) is 24.6. The van der Waals surface area contributed by atoms with Crippen molar-refractivity contribution in [2.45, 2.75) is 270 Å². The molecule has 0 aromatic carbocycles. The molecule has 13 heteroatoms. The minimum absolute atomic E-state index is 0.862. The van der Waals surface area contributed by atoms with Crippen LogP contribution >= 0.6 is 22.7 Å². The quantitative estimate of drug-likeness (QED) is 0.143. The molecule has 0 spiro atoms. The van der Waals surface area contributed by atoms with Crippen molar-refractivity contribution in [2.24, 2.45) is 0 Å². The van der Waals surface area contributed by atoms with E-state index < -0.39 is 0 Å². The van der Waals surface area contributed by atoms with E-state index in [2.05, 4.69) is 214 Å². The van der Waals surface area contributed by atoms with E-state index in [0.717, 1.165) is 109 Å². The van der Waals surface area contributed by atoms with Crippen LogP contribution in [0, 0.1) is 270 Å². The molecule has 0 aliphatic rings. The third-order valence-electron chi connectivity index (χ3n) is 18.4. The van der Waals surface area contributed by atoms with Crippen LogP contribution in [0.5, 0.6) is 0 Å². The second-order valence-electron chi connectivity index (χ2n) is 24.7. The first-order chi connectivity index (χ1) is 41.8. The Labute approximate surface area is 561 Å². The number of rotatable bonds is 0. The number of thiophene rings is 2. The SMILES string of the molecule is Cc1nc(C)c(C)c(C)c1C.Cc1nc(C)c(C)c(C)c1C.Cc1nc(C)c(C)c(C)c1C.Cc1nc(C)c(C)c(C)n1.Cc1nc(C)c(C)c(C)n1.Cc1nc(C)c(C)c(C)n1.Cc1nc(C)c(C)nc1C.Cc1sc(C)c(C)c1C.Cc1sc(C)c(C)c1C. The lowest BCUT2D eigenvalue weighted by Crippen LogP contribution is -1.98. The Morgan fingerprint density at radius 3 is 0.363 bits per heavy atom. The first kappa shape index (κ1) is 82.2. The van der Waals surface area contributed by atoms with Crippen LogP contribution < -0.4 is 0 Å². The van der Waals surface area contributed by atoms with Crippen LogP contribution in [0.4, 0.5) is 0 Å². The molecule has 9 rings (SSSR count). The molecule has 11 nitrogen and oxygen atoms in total. The molecule has 91 heavy (non-hydrogen) atoms. The van der Waals surface area contributed by atoms with E-state index >= 15 is 0 Å². The van der Waals surface area contributed by atoms with E-state index in [9.17, 15) is 0 Å². The maximum absolute atomic E-state index is 4.43. The van der Waals surface area contributed by atoms with Gasteiger partial charge in [-0.3, -0.25) is 24.9 Å². The molecule has 0 aliphatic heterocycles. The summed E-state index contributed by atoms with van der Waals surface area (Å²) in [6, 6.07) is 0. The van der Waals surface area contributed by atoms with Crippen molar-refractivity contribution in [3.05, 3.63) is 217 Å². The zero-order chi connectivity index (χ0) is 70.7. The molecule has 0 saturated heterocycles. The normalized spacial score (nSPS) is 10.1. The summed E-state index contributed by atoms with van der Waals surface area (Å²) in [5.74, 6) is 2.59. The fourth-order valence-corrected chi connectivity index (χ4v) is 11.3. The van der Waals surface area contributed by atoms with E-state index in [-0.39, 0.29) is 0 Å². The Bertz CT molecular complexity index is 3360. The fourth-order valence-electron chi connectivity index (χ4n) is 9.20. The largest absolute Gasteiger partial charge is 0.258 e. The van der Waals surface area contributed by atoms with Crippen molar-refractivity contribution >= 4 is 22.7 Å². The summed E-state index contributed by atoms with van der Waals surface area (Å²) in [6.45, 7) is 81.0. The summed E-state index contributed by atoms with van der Waals surface area (Å²) < 4.78 is 0. The van der Waals surface area contributed by atoms with Gasteiger partial charge in [-0.05, 0) is 359 Å². The van der Waals surface area contributed by atoms with Crippen molar-refractivity contribution in [3.8, 4) is 0 Å². The maximum atomic E-state index is 4.43. The Morgan fingerprint density at radius 1 is 0.121 bits per heavy atom. The predicted octanol–water partition coefficient (Wildman–Crippen LogP) is 20.7. The van der Waals surface area contributed by atoms with Crippen LogP contribution in [0.15, 0.2) is 0 Å². The zero-order valence-electron chi connectivity index (χ0n) is 64.2. The Balaban J connectivity index is 0.000000512. The van der Waals surface area contributed by atoms with Crippen molar-refractivity contribution in [3.63, 3.8) is 0 Å². The molecule has 0 amide bonds. The minimum Gasteiger partial charge on any atom is -0.258 e. The summed E-state index contributed by atoms with van der Waals surface area (Å²) >= 11 is 3.79. The van der Waals surface area contributed by atoms with Crippen LogP contribution in [0.2, 0.25) is 0 Å². The van der Waals surface area contributed by atoms with Crippen LogP contribution in [0.25, 0.3) is 0 Å². The van der Waals surface area contributed by atoms with E-state index in [1.807, 2.05) is 133 Å². The number of pyridine rings is 3. The zero-order valence-corrected chi connectivity index (χ0v) is 65.9. The van der Waals surface area contributed by atoms with Gasteiger partial charge in [0, 0.05) is 87.8 Å². The van der Waals surface area contributed by atoms with Gasteiger partial charge in [-0.1, -0.05) is 0 Å². The van der Waals surface area contributed by atoms with E-state index in [1.165, 1.54) is 109 Å². The van der Waals surface area contributed by atoms with Gasteiger partial charge in [-0.2, -0.15) is 0 Å². The van der Waals surface area contributed by atoms with Crippen LogP contribution in [-0.2, 0) is 0 Å². The number of aromatic nitrogens is 11. The van der Waals surface area contributed by atoms with Gasteiger partial charge in [0.1, 0.15) is 17.5 Å². The lowest BCUT2D eigenvalue weighted by Gasteiger charge is -2.09. The second-order valence-corrected chi connectivity index (χ2v) is 27.5. The average molecular weight is 1270 g/mol. The van der Waals surface area contributed by atoms with Gasteiger partial charge in [0.25, 0.3) is 0 Å². The highest BCUT2D eigenvalue weighted by molar-refractivity contribution is 7.12. The number of hydrogen-bond donors (Lipinski definition) is 0. The van der Waals surface area contributed by atoms with E-state index in [0.29, 0.717) is 0 Å². The van der Waals surface area contributed by atoms with E-state index in [4.69, 9.17) is 0 Å². The lowest BCUT2D eigenvalue weighted by atomic mass is 10.0. The molecule has 0 unspecified atom stereocenters. The molecule has 0 bridgehead atoms. The molecule has 0 fully saturated rings. The summed E-state index contributed by atoms with van der Waals surface area (Å²) in [6.07, 6.45) is 0. The summed E-state index contributed by atoms with van der Waals surface area (Å²) in [4.78, 5) is 53.1. The van der Waals surface area contributed by atoms with E-state index in [1.54, 1.807) is 0 Å². The van der Waals surface area contributed by atoms with Gasteiger partial charge in [-0.15, -0.1) is 22.7 Å². The Morgan fingerprint density at radius 2 is 0.242 bits per heavy atom. The first-order valence-corrected chi connectivity index (χ1v) is 33.4. The number of hydrogen-bond acceptors (Lipinski definition) is 13. The molecule has 0 saturated carbocycles. The molecule has 0 radical (unpaired) electrons.